The number of nitrogens with zero attached hydrogens (tertiary/aromatic N) is 1. The van der Waals surface area contributed by atoms with E-state index in [1.807, 2.05) is 19.1 Å². The predicted molar refractivity (Wildman–Crippen MR) is 106 cm³/mol. The van der Waals surface area contributed by atoms with Crippen LogP contribution in [0.4, 0.5) is 5.88 Å². The first-order valence-electron chi connectivity index (χ1n) is 9.16. The number of benzene rings is 1. The number of hydrogen-bond donors (Lipinski definition) is 1. The van der Waals surface area contributed by atoms with Crippen LogP contribution >= 0.6 is 11.6 Å². The van der Waals surface area contributed by atoms with Gasteiger partial charge in [-0.05, 0) is 36.5 Å². The van der Waals surface area contributed by atoms with E-state index in [-0.39, 0.29) is 17.1 Å². The largest absolute Gasteiger partial charge is 0.493 e. The molecule has 148 valence electrons. The van der Waals surface area contributed by atoms with Gasteiger partial charge in [-0.2, -0.15) is 0 Å². The lowest BCUT2D eigenvalue weighted by molar-refractivity contribution is -0.118. The number of carbonyl (C=O) groups is 1. The molecule has 7 heteroatoms. The van der Waals surface area contributed by atoms with Gasteiger partial charge >= 0.3 is 0 Å². The first-order valence-corrected chi connectivity index (χ1v) is 9.54. The van der Waals surface area contributed by atoms with Crippen LogP contribution in [0.25, 0.3) is 0 Å². The number of ketones is 1. The Balaban J connectivity index is 1.96. The minimum Gasteiger partial charge on any atom is -0.493 e. The van der Waals surface area contributed by atoms with Gasteiger partial charge in [0.1, 0.15) is 0 Å². The molecule has 1 aliphatic heterocycles. The number of rotatable bonds is 3. The second-order valence-electron chi connectivity index (χ2n) is 8.14. The van der Waals surface area contributed by atoms with Gasteiger partial charge in [-0.3, -0.25) is 4.79 Å². The molecule has 0 radical (unpaired) electrons. The van der Waals surface area contributed by atoms with Crippen LogP contribution in [0.15, 0.2) is 27.9 Å². The van der Waals surface area contributed by atoms with Crippen molar-refractivity contribution in [2.24, 2.45) is 5.41 Å². The molecule has 1 N–H and O–H groups in total. The summed E-state index contributed by atoms with van der Waals surface area (Å²) in [6, 6.07) is 3.70. The number of fused-ring (bicyclic) bond motifs is 1. The van der Waals surface area contributed by atoms with Crippen LogP contribution in [0, 0.1) is 12.3 Å². The third-order valence-corrected chi connectivity index (χ3v) is 5.74. The van der Waals surface area contributed by atoms with Crippen molar-refractivity contribution < 1.29 is 18.8 Å². The van der Waals surface area contributed by atoms with Crippen molar-refractivity contribution in [2.75, 3.05) is 19.5 Å². The first kappa shape index (κ1) is 18.9. The highest BCUT2D eigenvalue weighted by atomic mass is 35.5. The summed E-state index contributed by atoms with van der Waals surface area (Å²) in [5.41, 5.74) is 3.96. The van der Waals surface area contributed by atoms with Crippen molar-refractivity contribution in [1.29, 1.82) is 0 Å². The standard InChI is InChI=1S/C21H23ClN2O4/c1-10-16-17(11-6-12(22)19(27-5)15(7-11)26-4)18-13(23-20(16)28-24-10)8-21(2,3)9-14(18)25/h6-7,17,23H,8-9H2,1-5H3/t17-/m0/s1. The number of halogens is 1. The van der Waals surface area contributed by atoms with Crippen molar-refractivity contribution in [2.45, 2.75) is 39.5 Å². The van der Waals surface area contributed by atoms with Crippen LogP contribution in [0.3, 0.4) is 0 Å². The lowest BCUT2D eigenvalue weighted by Crippen LogP contribution is -2.33. The lowest BCUT2D eigenvalue weighted by atomic mass is 9.69. The minimum absolute atomic E-state index is 0.116. The second-order valence-corrected chi connectivity index (χ2v) is 8.55. The number of ether oxygens (including phenoxy) is 2. The molecule has 0 spiro atoms. The molecule has 0 amide bonds. The zero-order valence-electron chi connectivity index (χ0n) is 16.6. The lowest BCUT2D eigenvalue weighted by Gasteiger charge is -2.37. The van der Waals surface area contributed by atoms with Crippen LogP contribution in [0.5, 0.6) is 11.5 Å². The highest BCUT2D eigenvalue weighted by molar-refractivity contribution is 6.32. The number of nitrogens with one attached hydrogen (secondary N) is 1. The normalized spacial score (nSPS) is 20.4. The first-order chi connectivity index (χ1) is 13.3. The van der Waals surface area contributed by atoms with E-state index in [1.54, 1.807) is 14.2 Å². The fourth-order valence-corrected chi connectivity index (χ4v) is 4.60. The molecule has 1 aromatic carbocycles. The molecular weight excluding hydrogens is 380 g/mol. The van der Waals surface area contributed by atoms with E-state index < -0.39 is 0 Å². The molecule has 2 aliphatic rings. The van der Waals surface area contributed by atoms with Crippen LogP contribution < -0.4 is 14.8 Å². The third kappa shape index (κ3) is 2.87. The Morgan fingerprint density at radius 2 is 2.00 bits per heavy atom. The van der Waals surface area contributed by atoms with Crippen molar-refractivity contribution >= 4 is 23.3 Å². The molecule has 2 aromatic rings. The zero-order chi connectivity index (χ0) is 20.2. The van der Waals surface area contributed by atoms with E-state index in [2.05, 4.69) is 24.3 Å². The van der Waals surface area contributed by atoms with Gasteiger partial charge in [0.15, 0.2) is 17.3 Å². The molecule has 1 aromatic heterocycles. The number of methoxy groups -OCH3 is 2. The summed E-state index contributed by atoms with van der Waals surface area (Å²) in [7, 11) is 3.11. The smallest absolute Gasteiger partial charge is 0.233 e. The average molecular weight is 403 g/mol. The maximum absolute atomic E-state index is 13.2. The van der Waals surface area contributed by atoms with E-state index in [9.17, 15) is 4.79 Å². The van der Waals surface area contributed by atoms with Crippen molar-refractivity contribution in [3.05, 3.63) is 45.2 Å². The molecule has 28 heavy (non-hydrogen) atoms. The summed E-state index contributed by atoms with van der Waals surface area (Å²) in [5.74, 6) is 1.37. The van der Waals surface area contributed by atoms with E-state index >= 15 is 0 Å². The van der Waals surface area contributed by atoms with Crippen molar-refractivity contribution in [3.8, 4) is 11.5 Å². The highest BCUT2D eigenvalue weighted by Gasteiger charge is 2.43. The van der Waals surface area contributed by atoms with Crippen LogP contribution in [0.2, 0.25) is 5.02 Å². The van der Waals surface area contributed by atoms with E-state index in [0.29, 0.717) is 28.8 Å². The number of hydrogen-bond acceptors (Lipinski definition) is 6. The average Bonchev–Trinajstić information content (AvgIpc) is 2.98. The summed E-state index contributed by atoms with van der Waals surface area (Å²) in [4.78, 5) is 13.2. The predicted octanol–water partition coefficient (Wildman–Crippen LogP) is 4.85. The Labute approximate surface area is 168 Å². The Hall–Kier alpha value is -2.47. The summed E-state index contributed by atoms with van der Waals surface area (Å²) >= 11 is 6.47. The number of allylic oxidation sites excluding steroid dienone is 2. The van der Waals surface area contributed by atoms with E-state index in [1.165, 1.54) is 0 Å². The Morgan fingerprint density at radius 3 is 2.68 bits per heavy atom. The molecule has 0 unspecified atom stereocenters. The summed E-state index contributed by atoms with van der Waals surface area (Å²) in [5, 5.41) is 7.87. The Morgan fingerprint density at radius 1 is 1.25 bits per heavy atom. The summed E-state index contributed by atoms with van der Waals surface area (Å²) in [6.45, 7) is 6.07. The van der Waals surface area contributed by atoms with Crippen LogP contribution in [-0.2, 0) is 4.79 Å². The number of aromatic nitrogens is 1. The van der Waals surface area contributed by atoms with Crippen molar-refractivity contribution in [3.63, 3.8) is 0 Å². The molecule has 1 aliphatic carbocycles. The third-order valence-electron chi connectivity index (χ3n) is 5.46. The molecule has 1 atom stereocenters. The molecule has 0 saturated heterocycles. The van der Waals surface area contributed by atoms with Gasteiger partial charge in [0.2, 0.25) is 5.88 Å². The topological polar surface area (TPSA) is 73.6 Å². The minimum atomic E-state index is -0.321. The van der Waals surface area contributed by atoms with Crippen LogP contribution in [0.1, 0.15) is 49.4 Å². The fourth-order valence-electron chi connectivity index (χ4n) is 4.31. The number of carbonyl (C=O) groups excluding carboxylic acids is 1. The van der Waals surface area contributed by atoms with Gasteiger partial charge in [-0.15, -0.1) is 0 Å². The number of aryl methyl sites for hydroxylation is 1. The zero-order valence-corrected chi connectivity index (χ0v) is 17.4. The highest BCUT2D eigenvalue weighted by Crippen LogP contribution is 2.51. The fraction of sp³-hybridized carbons (Fsp3) is 0.429. The van der Waals surface area contributed by atoms with Gasteiger partial charge < -0.3 is 19.3 Å². The van der Waals surface area contributed by atoms with Crippen LogP contribution in [-0.4, -0.2) is 25.2 Å². The van der Waals surface area contributed by atoms with Crippen molar-refractivity contribution in [1.82, 2.24) is 5.16 Å². The molecule has 0 fully saturated rings. The Kier molecular flexibility index (Phi) is 4.42. The number of anilines is 1. The van der Waals surface area contributed by atoms with E-state index in [0.717, 1.165) is 34.5 Å². The molecule has 0 bridgehead atoms. The Bertz CT molecular complexity index is 1010. The summed E-state index contributed by atoms with van der Waals surface area (Å²) in [6.07, 6.45) is 1.25. The van der Waals surface area contributed by atoms with Gasteiger partial charge in [0, 0.05) is 23.6 Å². The summed E-state index contributed by atoms with van der Waals surface area (Å²) < 4.78 is 16.4. The maximum atomic E-state index is 13.2. The molecular formula is C21H23ClN2O4. The van der Waals surface area contributed by atoms with Gasteiger partial charge in [-0.1, -0.05) is 30.6 Å². The van der Waals surface area contributed by atoms with Gasteiger partial charge in [0.05, 0.1) is 30.5 Å². The molecule has 2 heterocycles. The second kappa shape index (κ2) is 6.55. The number of Topliss-reactive ketones (excluding diaryl/α,β-unsaturated/α-hetero) is 1. The molecule has 0 saturated carbocycles. The van der Waals surface area contributed by atoms with Gasteiger partial charge in [-0.25, -0.2) is 0 Å². The molecule has 6 nitrogen and oxygen atoms in total. The quantitative estimate of drug-likeness (QED) is 0.790. The molecule has 4 rings (SSSR count). The van der Waals surface area contributed by atoms with Gasteiger partial charge in [0.25, 0.3) is 0 Å². The monoisotopic (exact) mass is 402 g/mol. The van der Waals surface area contributed by atoms with E-state index in [4.69, 9.17) is 25.6 Å². The maximum Gasteiger partial charge on any atom is 0.233 e. The SMILES string of the molecule is COc1cc([C@@H]2C3=C(CC(C)(C)CC3=O)Nc3onc(C)c32)cc(Cl)c1OC.